The van der Waals surface area contributed by atoms with E-state index in [9.17, 15) is 8.42 Å². The minimum Gasteiger partial charge on any atom is -0.369 e. The molecule has 0 amide bonds. The second-order valence-corrected chi connectivity index (χ2v) is 7.14. The van der Waals surface area contributed by atoms with Crippen molar-refractivity contribution in [3.8, 4) is 0 Å². The molecule has 0 aliphatic heterocycles. The van der Waals surface area contributed by atoms with E-state index in [1.807, 2.05) is 6.92 Å². The highest BCUT2D eigenvalue weighted by molar-refractivity contribution is 9.10. The monoisotopic (exact) mass is 363 g/mol. The van der Waals surface area contributed by atoms with Crippen molar-refractivity contribution in [1.29, 1.82) is 0 Å². The lowest BCUT2D eigenvalue weighted by Gasteiger charge is -2.11. The lowest BCUT2D eigenvalue weighted by molar-refractivity contribution is 0.573. The van der Waals surface area contributed by atoms with Crippen molar-refractivity contribution in [3.05, 3.63) is 16.7 Å². The second-order valence-electron chi connectivity index (χ2n) is 4.49. The predicted molar refractivity (Wildman–Crippen MR) is 85.4 cm³/mol. The molecule has 114 valence electrons. The molecule has 0 bridgehead atoms. The highest BCUT2D eigenvalue weighted by Gasteiger charge is 2.19. The Kier molecular flexibility index (Phi) is 7.47. The van der Waals surface area contributed by atoms with Crippen molar-refractivity contribution in [2.24, 2.45) is 0 Å². The smallest absolute Gasteiger partial charge is 0.244 e. The van der Waals surface area contributed by atoms with Gasteiger partial charge in [0.25, 0.3) is 0 Å². The Hall–Kier alpha value is -0.660. The molecule has 2 N–H and O–H groups in total. The van der Waals surface area contributed by atoms with E-state index >= 15 is 0 Å². The molecule has 0 saturated heterocycles. The molecular weight excluding hydrogens is 342 g/mol. The van der Waals surface area contributed by atoms with E-state index < -0.39 is 10.0 Å². The van der Waals surface area contributed by atoms with Crippen LogP contribution in [-0.2, 0) is 10.0 Å². The zero-order valence-corrected chi connectivity index (χ0v) is 14.3. The van der Waals surface area contributed by atoms with Gasteiger partial charge in [0.05, 0.1) is 0 Å². The largest absolute Gasteiger partial charge is 0.369 e. The molecule has 0 spiro atoms. The van der Waals surface area contributed by atoms with Gasteiger partial charge in [0.15, 0.2) is 0 Å². The van der Waals surface area contributed by atoms with Crippen LogP contribution in [0.1, 0.15) is 39.5 Å². The zero-order chi connectivity index (χ0) is 15.0. The average Bonchev–Trinajstić information content (AvgIpc) is 2.40. The summed E-state index contributed by atoms with van der Waals surface area (Å²) in [6.45, 7) is 5.10. The minimum atomic E-state index is -3.53. The van der Waals surface area contributed by atoms with E-state index in [0.717, 1.165) is 25.7 Å². The number of unbranched alkanes of at least 4 members (excludes halogenated alkanes) is 3. The Bertz CT molecular complexity index is 520. The maximum Gasteiger partial charge on any atom is 0.244 e. The summed E-state index contributed by atoms with van der Waals surface area (Å²) in [6, 6.07) is 1.57. The van der Waals surface area contributed by atoms with Crippen LogP contribution in [0.4, 0.5) is 5.82 Å². The first-order valence-electron chi connectivity index (χ1n) is 6.90. The highest BCUT2D eigenvalue weighted by Crippen LogP contribution is 2.22. The van der Waals surface area contributed by atoms with Crippen LogP contribution in [0.3, 0.4) is 0 Å². The zero-order valence-electron chi connectivity index (χ0n) is 11.9. The maximum atomic E-state index is 12.3. The highest BCUT2D eigenvalue weighted by atomic mass is 79.9. The van der Waals surface area contributed by atoms with Gasteiger partial charge in [0, 0.05) is 23.8 Å². The van der Waals surface area contributed by atoms with Gasteiger partial charge in [0.1, 0.15) is 10.7 Å². The average molecular weight is 364 g/mol. The Morgan fingerprint density at radius 1 is 1.25 bits per heavy atom. The van der Waals surface area contributed by atoms with E-state index in [1.54, 1.807) is 12.3 Å². The van der Waals surface area contributed by atoms with Crippen LogP contribution in [0.15, 0.2) is 21.6 Å². The van der Waals surface area contributed by atoms with Crippen LogP contribution in [0.2, 0.25) is 0 Å². The van der Waals surface area contributed by atoms with Crippen LogP contribution in [-0.4, -0.2) is 26.5 Å². The Morgan fingerprint density at radius 3 is 2.65 bits per heavy atom. The Balaban J connectivity index is 2.77. The van der Waals surface area contributed by atoms with Gasteiger partial charge in [-0.3, -0.25) is 0 Å². The number of nitrogens with one attached hydrogen (secondary N) is 2. The fraction of sp³-hybridized carbons (Fsp3) is 0.615. The molecule has 0 saturated carbocycles. The van der Waals surface area contributed by atoms with E-state index in [2.05, 4.69) is 37.9 Å². The van der Waals surface area contributed by atoms with E-state index in [4.69, 9.17) is 0 Å². The number of hydrogen-bond acceptors (Lipinski definition) is 4. The lowest BCUT2D eigenvalue weighted by atomic mass is 10.2. The molecule has 0 unspecified atom stereocenters. The fourth-order valence-electron chi connectivity index (χ4n) is 1.76. The molecule has 1 aromatic heterocycles. The number of hydrogen-bond donors (Lipinski definition) is 2. The minimum absolute atomic E-state index is 0.184. The summed E-state index contributed by atoms with van der Waals surface area (Å²) in [5.74, 6) is 0.386. The molecule has 0 fully saturated rings. The predicted octanol–water partition coefficient (Wildman–Crippen LogP) is 3.13. The third-order valence-corrected chi connectivity index (χ3v) is 4.68. The van der Waals surface area contributed by atoms with Crippen molar-refractivity contribution in [2.75, 3.05) is 18.4 Å². The first-order chi connectivity index (χ1) is 9.51. The summed E-state index contributed by atoms with van der Waals surface area (Å²) >= 11 is 3.26. The van der Waals surface area contributed by atoms with Crippen molar-refractivity contribution >= 4 is 31.8 Å². The number of halogens is 1. The van der Waals surface area contributed by atoms with Gasteiger partial charge >= 0.3 is 0 Å². The standard InChI is InChI=1S/C13H22BrN3O2S/c1-3-5-6-7-8-17-20(18,19)12-9-11(14)10-16-13(12)15-4-2/h9-10,17H,3-8H2,1-2H3,(H,15,16). The number of sulfonamides is 1. The van der Waals surface area contributed by atoms with Crippen molar-refractivity contribution in [3.63, 3.8) is 0 Å². The van der Waals surface area contributed by atoms with Gasteiger partial charge in [0.2, 0.25) is 10.0 Å². The van der Waals surface area contributed by atoms with Crippen molar-refractivity contribution in [2.45, 2.75) is 44.4 Å². The SMILES string of the molecule is CCCCCCNS(=O)(=O)c1cc(Br)cnc1NCC. The molecule has 1 aromatic rings. The third-order valence-electron chi connectivity index (χ3n) is 2.78. The normalized spacial score (nSPS) is 11.6. The van der Waals surface area contributed by atoms with Gasteiger partial charge in [-0.1, -0.05) is 26.2 Å². The molecule has 0 aromatic carbocycles. The number of pyridine rings is 1. The summed E-state index contributed by atoms with van der Waals surface area (Å²) in [5, 5.41) is 2.97. The molecule has 0 aliphatic carbocycles. The first kappa shape index (κ1) is 17.4. The molecular formula is C13H22BrN3O2S. The Labute approximate surface area is 129 Å². The molecule has 20 heavy (non-hydrogen) atoms. The van der Waals surface area contributed by atoms with Gasteiger partial charge in [-0.05, 0) is 35.3 Å². The van der Waals surface area contributed by atoms with Gasteiger partial charge in [-0.15, -0.1) is 0 Å². The lowest BCUT2D eigenvalue weighted by Crippen LogP contribution is -2.26. The molecule has 1 rings (SSSR count). The summed E-state index contributed by atoms with van der Waals surface area (Å²) in [5.41, 5.74) is 0. The van der Waals surface area contributed by atoms with Crippen molar-refractivity contribution in [1.82, 2.24) is 9.71 Å². The number of aromatic nitrogens is 1. The summed E-state index contributed by atoms with van der Waals surface area (Å²) in [4.78, 5) is 4.30. The van der Waals surface area contributed by atoms with Crippen LogP contribution < -0.4 is 10.0 Å². The quantitative estimate of drug-likeness (QED) is 0.661. The van der Waals surface area contributed by atoms with E-state index in [0.29, 0.717) is 23.4 Å². The first-order valence-corrected chi connectivity index (χ1v) is 9.18. The van der Waals surface area contributed by atoms with Crippen LogP contribution in [0.5, 0.6) is 0 Å². The van der Waals surface area contributed by atoms with Crippen molar-refractivity contribution < 1.29 is 8.42 Å². The number of nitrogens with zero attached hydrogens (tertiary/aromatic N) is 1. The molecule has 0 radical (unpaired) electrons. The second kappa shape index (κ2) is 8.59. The number of anilines is 1. The summed E-state index contributed by atoms with van der Waals surface area (Å²) in [6.07, 6.45) is 5.73. The Morgan fingerprint density at radius 2 is 2.00 bits per heavy atom. The van der Waals surface area contributed by atoms with Crippen LogP contribution >= 0.6 is 15.9 Å². The molecule has 0 atom stereocenters. The van der Waals surface area contributed by atoms with Crippen LogP contribution in [0.25, 0.3) is 0 Å². The van der Waals surface area contributed by atoms with Gasteiger partial charge in [-0.25, -0.2) is 18.1 Å². The molecule has 0 aliphatic rings. The molecule has 1 heterocycles. The topological polar surface area (TPSA) is 71.1 Å². The molecule has 5 nitrogen and oxygen atoms in total. The van der Waals surface area contributed by atoms with Crippen LogP contribution in [0, 0.1) is 0 Å². The fourth-order valence-corrected chi connectivity index (χ4v) is 3.47. The maximum absolute atomic E-state index is 12.3. The van der Waals surface area contributed by atoms with E-state index in [1.165, 1.54) is 0 Å². The number of rotatable bonds is 9. The van der Waals surface area contributed by atoms with Gasteiger partial charge in [-0.2, -0.15) is 0 Å². The third kappa shape index (κ3) is 5.38. The van der Waals surface area contributed by atoms with E-state index in [-0.39, 0.29) is 4.90 Å². The molecule has 7 heteroatoms. The summed E-state index contributed by atoms with van der Waals surface area (Å²) in [7, 11) is -3.53. The summed E-state index contributed by atoms with van der Waals surface area (Å²) < 4.78 is 27.9. The van der Waals surface area contributed by atoms with Gasteiger partial charge < -0.3 is 5.32 Å².